The smallest absolute Gasteiger partial charge is 0.290 e. The van der Waals surface area contributed by atoms with Gasteiger partial charge in [-0.1, -0.05) is 12.7 Å². The molecule has 2 aliphatic heterocycles. The molecule has 1 aromatic rings. The van der Waals surface area contributed by atoms with Crippen molar-refractivity contribution in [2.45, 2.75) is 37.3 Å². The third-order valence-electron chi connectivity index (χ3n) is 5.63. The second kappa shape index (κ2) is 11.0. The average molecular weight is 405 g/mol. The highest BCUT2D eigenvalue weighted by Crippen LogP contribution is 2.36. The maximum Gasteiger partial charge on any atom is 0.290 e. The SMILES string of the molecule is C=CCOc1ccc(C(=O)N2CCC3(CC2)CC(N(C)C)CCO3)cc1.O=CO. The van der Waals surface area contributed by atoms with Crippen LogP contribution in [0.4, 0.5) is 0 Å². The first-order chi connectivity index (χ1) is 13.9. The minimum atomic E-state index is -0.250. The summed E-state index contributed by atoms with van der Waals surface area (Å²) in [5, 5.41) is 6.89. The Morgan fingerprint density at radius 3 is 2.52 bits per heavy atom. The molecule has 2 saturated heterocycles. The van der Waals surface area contributed by atoms with Gasteiger partial charge in [0.1, 0.15) is 12.4 Å². The molecule has 7 heteroatoms. The van der Waals surface area contributed by atoms with Crippen molar-refractivity contribution in [3.05, 3.63) is 42.5 Å². The zero-order valence-corrected chi connectivity index (χ0v) is 17.4. The highest BCUT2D eigenvalue weighted by atomic mass is 16.5. The van der Waals surface area contributed by atoms with Crippen molar-refractivity contribution in [3.63, 3.8) is 0 Å². The van der Waals surface area contributed by atoms with Crippen molar-refractivity contribution in [1.82, 2.24) is 9.80 Å². The first-order valence-corrected chi connectivity index (χ1v) is 9.96. The Balaban J connectivity index is 0.000000941. The summed E-state index contributed by atoms with van der Waals surface area (Å²) in [5.41, 5.74) is 0.662. The van der Waals surface area contributed by atoms with Crippen molar-refractivity contribution in [1.29, 1.82) is 0 Å². The molecule has 0 saturated carbocycles. The van der Waals surface area contributed by atoms with Gasteiger partial charge in [0.25, 0.3) is 12.4 Å². The molecule has 1 amide bonds. The maximum atomic E-state index is 12.8. The third kappa shape index (κ3) is 6.30. The summed E-state index contributed by atoms with van der Waals surface area (Å²) < 4.78 is 11.7. The lowest BCUT2D eigenvalue weighted by atomic mass is 9.82. The topological polar surface area (TPSA) is 79.3 Å². The number of amides is 1. The number of rotatable bonds is 5. The lowest BCUT2D eigenvalue weighted by molar-refractivity contribution is -0.125. The fourth-order valence-corrected chi connectivity index (χ4v) is 3.94. The van der Waals surface area contributed by atoms with Crippen LogP contribution in [0.5, 0.6) is 5.75 Å². The minimum absolute atomic E-state index is 0.0493. The van der Waals surface area contributed by atoms with Gasteiger partial charge in [-0.2, -0.15) is 0 Å². The van der Waals surface area contributed by atoms with E-state index in [9.17, 15) is 4.79 Å². The Labute approximate surface area is 172 Å². The van der Waals surface area contributed by atoms with E-state index < -0.39 is 0 Å². The van der Waals surface area contributed by atoms with Crippen molar-refractivity contribution in [2.75, 3.05) is 40.4 Å². The van der Waals surface area contributed by atoms with Crippen molar-refractivity contribution >= 4 is 12.4 Å². The largest absolute Gasteiger partial charge is 0.490 e. The standard InChI is InChI=1S/C21H30N2O3.CH2O2/c1-4-14-25-19-7-5-17(6-8-19)20(24)23-12-10-21(11-13-23)16-18(22(2)3)9-15-26-21;2-1-3/h4-8,18H,1,9-16H2,2-3H3;1H,(H,2,3). The number of hydrogen-bond donors (Lipinski definition) is 1. The summed E-state index contributed by atoms with van der Waals surface area (Å²) in [6.07, 6.45) is 5.71. The maximum absolute atomic E-state index is 12.8. The first kappa shape index (κ1) is 22.9. The van der Waals surface area contributed by atoms with Gasteiger partial charge in [-0.3, -0.25) is 9.59 Å². The molecule has 0 radical (unpaired) electrons. The second-order valence-electron chi connectivity index (χ2n) is 7.66. The zero-order chi connectivity index (χ0) is 21.3. The van der Waals surface area contributed by atoms with Crippen LogP contribution in [0, 0.1) is 0 Å². The van der Waals surface area contributed by atoms with Crippen LogP contribution in [0.1, 0.15) is 36.0 Å². The zero-order valence-electron chi connectivity index (χ0n) is 17.4. The lowest BCUT2D eigenvalue weighted by Crippen LogP contribution is -2.53. The van der Waals surface area contributed by atoms with Crippen LogP contribution < -0.4 is 4.74 Å². The molecule has 1 unspecified atom stereocenters. The molecule has 0 bridgehead atoms. The van der Waals surface area contributed by atoms with Crippen LogP contribution in [0.15, 0.2) is 36.9 Å². The number of ether oxygens (including phenoxy) is 2. The van der Waals surface area contributed by atoms with Crippen LogP contribution in [0.2, 0.25) is 0 Å². The third-order valence-corrected chi connectivity index (χ3v) is 5.63. The van der Waals surface area contributed by atoms with E-state index in [1.54, 1.807) is 6.08 Å². The van der Waals surface area contributed by atoms with Gasteiger partial charge in [-0.25, -0.2) is 0 Å². The summed E-state index contributed by atoms with van der Waals surface area (Å²) in [4.78, 5) is 25.4. The molecule has 2 heterocycles. The number of piperidine rings is 1. The van der Waals surface area contributed by atoms with E-state index in [-0.39, 0.29) is 18.0 Å². The van der Waals surface area contributed by atoms with Crippen LogP contribution >= 0.6 is 0 Å². The Kier molecular flexibility index (Phi) is 8.67. The number of carboxylic acid groups (broad SMARTS) is 1. The molecule has 1 aromatic carbocycles. The molecular weight excluding hydrogens is 372 g/mol. The quantitative estimate of drug-likeness (QED) is 0.600. The molecule has 1 N–H and O–H groups in total. The van der Waals surface area contributed by atoms with Crippen molar-refractivity contribution in [3.8, 4) is 5.75 Å². The molecule has 2 aliphatic rings. The number of benzene rings is 1. The molecule has 3 rings (SSSR count). The van der Waals surface area contributed by atoms with Gasteiger partial charge in [0.15, 0.2) is 0 Å². The highest BCUT2D eigenvalue weighted by Gasteiger charge is 2.41. The fraction of sp³-hybridized carbons (Fsp3) is 0.545. The molecule has 160 valence electrons. The van der Waals surface area contributed by atoms with Gasteiger partial charge < -0.3 is 24.4 Å². The summed E-state index contributed by atoms with van der Waals surface area (Å²) in [6.45, 7) is 6.19. The van der Waals surface area contributed by atoms with Gasteiger partial charge in [0.2, 0.25) is 0 Å². The first-order valence-electron chi connectivity index (χ1n) is 9.96. The molecule has 0 aromatic heterocycles. The molecule has 7 nitrogen and oxygen atoms in total. The van der Waals surface area contributed by atoms with E-state index in [1.165, 1.54) is 0 Å². The molecule has 29 heavy (non-hydrogen) atoms. The summed E-state index contributed by atoms with van der Waals surface area (Å²) >= 11 is 0. The Morgan fingerprint density at radius 1 is 1.34 bits per heavy atom. The molecule has 0 aliphatic carbocycles. The van der Waals surface area contributed by atoms with Crippen LogP contribution in [-0.2, 0) is 9.53 Å². The predicted octanol–water partition coefficient (Wildman–Crippen LogP) is 2.67. The van der Waals surface area contributed by atoms with Gasteiger partial charge in [-0.05, 0) is 64.0 Å². The van der Waals surface area contributed by atoms with Crippen molar-refractivity contribution in [2.24, 2.45) is 0 Å². The van der Waals surface area contributed by atoms with E-state index in [2.05, 4.69) is 25.6 Å². The number of hydrogen-bond acceptors (Lipinski definition) is 5. The Hall–Kier alpha value is -2.38. The summed E-state index contributed by atoms with van der Waals surface area (Å²) in [6, 6.07) is 7.94. The van der Waals surface area contributed by atoms with Gasteiger partial charge in [0, 0.05) is 31.3 Å². The predicted molar refractivity (Wildman–Crippen MR) is 111 cm³/mol. The number of carbonyl (C=O) groups is 2. The highest BCUT2D eigenvalue weighted by molar-refractivity contribution is 5.94. The number of carbonyl (C=O) groups excluding carboxylic acids is 1. The lowest BCUT2D eigenvalue weighted by Gasteiger charge is -2.47. The number of nitrogens with zero attached hydrogens (tertiary/aromatic N) is 2. The normalized spacial score (nSPS) is 20.5. The summed E-state index contributed by atoms with van der Waals surface area (Å²) in [7, 11) is 4.29. The average Bonchev–Trinajstić information content (AvgIpc) is 2.73. The summed E-state index contributed by atoms with van der Waals surface area (Å²) in [5.74, 6) is 0.847. The second-order valence-corrected chi connectivity index (χ2v) is 7.66. The molecule has 1 spiro atoms. The van der Waals surface area contributed by atoms with Crippen LogP contribution in [0.25, 0.3) is 0 Å². The van der Waals surface area contributed by atoms with Gasteiger partial charge in [0.05, 0.1) is 5.60 Å². The molecule has 2 fully saturated rings. The van der Waals surface area contributed by atoms with E-state index in [0.29, 0.717) is 18.2 Å². The number of likely N-dealkylation sites (tertiary alicyclic amines) is 1. The van der Waals surface area contributed by atoms with Gasteiger partial charge >= 0.3 is 0 Å². The Morgan fingerprint density at radius 2 is 1.97 bits per heavy atom. The molecular formula is C22H32N2O5. The van der Waals surface area contributed by atoms with E-state index in [4.69, 9.17) is 19.4 Å². The minimum Gasteiger partial charge on any atom is -0.490 e. The monoisotopic (exact) mass is 404 g/mol. The van der Waals surface area contributed by atoms with E-state index in [0.717, 1.165) is 51.1 Å². The van der Waals surface area contributed by atoms with Gasteiger partial charge in [-0.15, -0.1) is 0 Å². The fourth-order valence-electron chi connectivity index (χ4n) is 3.94. The van der Waals surface area contributed by atoms with Crippen molar-refractivity contribution < 1.29 is 24.2 Å². The van der Waals surface area contributed by atoms with Crippen LogP contribution in [0.3, 0.4) is 0 Å². The molecule has 1 atom stereocenters. The van der Waals surface area contributed by atoms with Crippen LogP contribution in [-0.4, -0.2) is 79.3 Å². The van der Waals surface area contributed by atoms with E-state index in [1.807, 2.05) is 29.2 Å². The van der Waals surface area contributed by atoms with E-state index >= 15 is 0 Å². The Bertz CT molecular complexity index is 666.